The van der Waals surface area contributed by atoms with Crippen molar-refractivity contribution in [2.24, 2.45) is 0 Å². The Kier molecular flexibility index (Phi) is 11.8. The van der Waals surface area contributed by atoms with Gasteiger partial charge in [0.2, 0.25) is 21.8 Å². The highest BCUT2D eigenvalue weighted by molar-refractivity contribution is 7.88. The molecule has 0 fully saturated rings. The maximum Gasteiger partial charge on any atom is 0.242 e. The minimum absolute atomic E-state index is 0.0354. The van der Waals surface area contributed by atoms with Crippen LogP contribution in [0.3, 0.4) is 0 Å². The topological polar surface area (TPSA) is 114 Å². The van der Waals surface area contributed by atoms with Gasteiger partial charge in [-0.25, -0.2) is 8.42 Å². The summed E-state index contributed by atoms with van der Waals surface area (Å²) >= 11 is 0. The number of benzene rings is 3. The fourth-order valence-electron chi connectivity index (χ4n) is 4.34. The average molecular weight is 598 g/mol. The Bertz CT molecular complexity index is 1430. The molecule has 0 bridgehead atoms. The smallest absolute Gasteiger partial charge is 0.242 e. The lowest BCUT2D eigenvalue weighted by Gasteiger charge is -2.31. The van der Waals surface area contributed by atoms with E-state index in [4.69, 9.17) is 14.2 Å². The second kappa shape index (κ2) is 15.2. The lowest BCUT2D eigenvalue weighted by molar-refractivity contribution is -0.140. The highest BCUT2D eigenvalue weighted by atomic mass is 32.2. The third-order valence-corrected chi connectivity index (χ3v) is 8.02. The Hall–Kier alpha value is -4.09. The predicted octanol–water partition coefficient (Wildman–Crippen LogP) is 3.25. The summed E-state index contributed by atoms with van der Waals surface area (Å²) in [5, 5.41) is 2.90. The maximum absolute atomic E-state index is 13.7. The van der Waals surface area contributed by atoms with Crippen molar-refractivity contribution in [1.29, 1.82) is 0 Å². The van der Waals surface area contributed by atoms with Crippen molar-refractivity contribution in [3.63, 3.8) is 0 Å². The normalized spacial score (nSPS) is 12.0. The molecule has 1 atom stereocenters. The second-order valence-corrected chi connectivity index (χ2v) is 11.8. The number of nitrogens with one attached hydrogen (secondary N) is 1. The number of hydrogen-bond acceptors (Lipinski definition) is 7. The molecule has 3 aromatic rings. The van der Waals surface area contributed by atoms with E-state index in [0.29, 0.717) is 30.2 Å². The zero-order valence-corrected chi connectivity index (χ0v) is 25.5. The molecular formula is C31H39N3O7S. The lowest BCUT2D eigenvalue weighted by atomic mass is 10.1. The quantitative estimate of drug-likeness (QED) is 0.286. The van der Waals surface area contributed by atoms with E-state index in [-0.39, 0.29) is 19.0 Å². The molecule has 0 radical (unpaired) electrons. The van der Waals surface area contributed by atoms with Crippen LogP contribution in [0.15, 0.2) is 72.8 Å². The van der Waals surface area contributed by atoms with E-state index < -0.39 is 28.5 Å². The molecule has 0 heterocycles. The van der Waals surface area contributed by atoms with Gasteiger partial charge in [0.25, 0.3) is 0 Å². The number of methoxy groups -OCH3 is 3. The molecule has 0 spiro atoms. The van der Waals surface area contributed by atoms with E-state index in [9.17, 15) is 18.0 Å². The van der Waals surface area contributed by atoms with Gasteiger partial charge in [0.05, 0.1) is 34.1 Å². The Morgan fingerprint density at radius 2 is 1.43 bits per heavy atom. The van der Waals surface area contributed by atoms with Crippen LogP contribution in [0.1, 0.15) is 23.6 Å². The summed E-state index contributed by atoms with van der Waals surface area (Å²) in [5.41, 5.74) is 2.46. The van der Waals surface area contributed by atoms with Crippen molar-refractivity contribution in [1.82, 2.24) is 14.5 Å². The summed E-state index contributed by atoms with van der Waals surface area (Å²) in [7, 11) is 0.960. The van der Waals surface area contributed by atoms with Crippen LogP contribution in [0.2, 0.25) is 0 Å². The lowest BCUT2D eigenvalue weighted by Crippen LogP contribution is -2.51. The third kappa shape index (κ3) is 9.22. The van der Waals surface area contributed by atoms with Crippen molar-refractivity contribution in [2.45, 2.75) is 32.5 Å². The number of hydrogen-bond donors (Lipinski definition) is 1. The number of sulfonamides is 1. The minimum atomic E-state index is -3.73. The van der Waals surface area contributed by atoms with E-state index in [1.165, 1.54) is 4.90 Å². The molecule has 11 heteroatoms. The summed E-state index contributed by atoms with van der Waals surface area (Å²) in [4.78, 5) is 28.3. The summed E-state index contributed by atoms with van der Waals surface area (Å²) in [6.45, 7) is 1.69. The zero-order chi connectivity index (χ0) is 30.7. The third-order valence-electron chi connectivity index (χ3n) is 6.82. The van der Waals surface area contributed by atoms with Crippen LogP contribution in [0.5, 0.6) is 17.2 Å². The van der Waals surface area contributed by atoms with E-state index in [1.807, 2.05) is 30.3 Å². The molecule has 0 aliphatic rings. The SMILES string of the molecule is COc1ccc(CN(C(=O)CN(Cc2ccccc2)S(C)(=O)=O)[C@@H](C)C(=O)NCCc2ccc(OC)c(OC)c2)cc1. The van der Waals surface area contributed by atoms with Crippen molar-refractivity contribution in [3.8, 4) is 17.2 Å². The molecule has 0 aliphatic carbocycles. The van der Waals surface area contributed by atoms with Gasteiger partial charge in [-0.2, -0.15) is 4.31 Å². The summed E-state index contributed by atoms with van der Waals surface area (Å²) < 4.78 is 42.2. The molecule has 3 rings (SSSR count). The highest BCUT2D eigenvalue weighted by Gasteiger charge is 2.30. The molecule has 0 unspecified atom stereocenters. The van der Waals surface area contributed by atoms with Crippen molar-refractivity contribution >= 4 is 21.8 Å². The van der Waals surface area contributed by atoms with Gasteiger partial charge in [0, 0.05) is 19.6 Å². The van der Waals surface area contributed by atoms with Crippen LogP contribution in [-0.2, 0) is 39.1 Å². The van der Waals surface area contributed by atoms with Gasteiger partial charge < -0.3 is 24.4 Å². The van der Waals surface area contributed by atoms with Crippen LogP contribution >= 0.6 is 0 Å². The fourth-order valence-corrected chi connectivity index (χ4v) is 5.07. The van der Waals surface area contributed by atoms with Gasteiger partial charge in [-0.05, 0) is 54.3 Å². The van der Waals surface area contributed by atoms with Crippen LogP contribution in [0.4, 0.5) is 0 Å². The molecule has 10 nitrogen and oxygen atoms in total. The van der Waals surface area contributed by atoms with Crippen LogP contribution in [0, 0.1) is 0 Å². The van der Waals surface area contributed by atoms with Crippen molar-refractivity contribution in [2.75, 3.05) is 40.7 Å². The Labute approximate surface area is 248 Å². The van der Waals surface area contributed by atoms with Crippen LogP contribution < -0.4 is 19.5 Å². The number of carbonyl (C=O) groups excluding carboxylic acids is 2. The maximum atomic E-state index is 13.7. The number of rotatable bonds is 15. The predicted molar refractivity (Wildman–Crippen MR) is 161 cm³/mol. The Morgan fingerprint density at radius 3 is 2.02 bits per heavy atom. The second-order valence-electron chi connectivity index (χ2n) is 9.79. The first-order valence-electron chi connectivity index (χ1n) is 13.5. The summed E-state index contributed by atoms with van der Waals surface area (Å²) in [5.74, 6) is 1.02. The molecule has 3 aromatic carbocycles. The van der Waals surface area contributed by atoms with Gasteiger partial charge >= 0.3 is 0 Å². The van der Waals surface area contributed by atoms with Gasteiger partial charge in [-0.3, -0.25) is 9.59 Å². The Balaban J connectivity index is 1.76. The van der Waals surface area contributed by atoms with Gasteiger partial charge in [-0.1, -0.05) is 48.5 Å². The largest absolute Gasteiger partial charge is 0.497 e. The molecule has 226 valence electrons. The molecule has 0 saturated heterocycles. The van der Waals surface area contributed by atoms with Crippen molar-refractivity contribution < 1.29 is 32.2 Å². The minimum Gasteiger partial charge on any atom is -0.497 e. The van der Waals surface area contributed by atoms with Gasteiger partial charge in [-0.15, -0.1) is 0 Å². The average Bonchev–Trinajstić information content (AvgIpc) is 2.99. The molecule has 0 aromatic heterocycles. The molecule has 0 saturated carbocycles. The van der Waals surface area contributed by atoms with E-state index in [1.54, 1.807) is 70.7 Å². The van der Waals surface area contributed by atoms with E-state index >= 15 is 0 Å². The fraction of sp³-hybridized carbons (Fsp3) is 0.355. The Morgan fingerprint density at radius 1 is 0.810 bits per heavy atom. The zero-order valence-electron chi connectivity index (χ0n) is 24.7. The number of ether oxygens (including phenoxy) is 3. The first kappa shape index (κ1) is 32.4. The van der Waals surface area contributed by atoms with E-state index in [0.717, 1.165) is 27.3 Å². The standard InChI is InChI=1S/C31H39N3O7S/c1-23(31(36)32-18-17-24-13-16-28(40-3)29(19-24)41-4)34(21-26-11-14-27(39-2)15-12-26)30(35)22-33(42(5,37)38)20-25-9-7-6-8-10-25/h6-16,19,23H,17-18,20-22H2,1-5H3,(H,32,36)/t23-/m0/s1. The molecule has 2 amide bonds. The first-order valence-corrected chi connectivity index (χ1v) is 15.3. The monoisotopic (exact) mass is 597 g/mol. The van der Waals surface area contributed by atoms with Crippen LogP contribution in [0.25, 0.3) is 0 Å². The molecule has 1 N–H and O–H groups in total. The number of carbonyl (C=O) groups is 2. The highest BCUT2D eigenvalue weighted by Crippen LogP contribution is 2.27. The molecular weight excluding hydrogens is 558 g/mol. The molecule has 42 heavy (non-hydrogen) atoms. The van der Waals surface area contributed by atoms with Crippen LogP contribution in [-0.4, -0.2) is 76.2 Å². The van der Waals surface area contributed by atoms with Gasteiger partial charge in [0.1, 0.15) is 11.8 Å². The molecule has 0 aliphatic heterocycles. The van der Waals surface area contributed by atoms with Crippen molar-refractivity contribution in [3.05, 3.63) is 89.5 Å². The first-order chi connectivity index (χ1) is 20.0. The van der Waals surface area contributed by atoms with Gasteiger partial charge in [0.15, 0.2) is 11.5 Å². The number of amides is 2. The van der Waals surface area contributed by atoms with E-state index in [2.05, 4.69) is 5.32 Å². The summed E-state index contributed by atoms with van der Waals surface area (Å²) in [6, 6.07) is 20.9. The summed E-state index contributed by atoms with van der Waals surface area (Å²) in [6.07, 6.45) is 1.60. The number of nitrogens with zero attached hydrogens (tertiary/aromatic N) is 2.